The average Bonchev–Trinajstić information content (AvgIpc) is 2.75. The Morgan fingerprint density at radius 2 is 1.64 bits per heavy atom. The van der Waals surface area contributed by atoms with E-state index in [1.54, 1.807) is 0 Å². The number of nitrogens with zero attached hydrogens (tertiary/aromatic N) is 2. The Morgan fingerprint density at radius 3 is 2.39 bits per heavy atom. The SMILES string of the molecule is O=C(CCn1nc(-c2ccccc2)c2ccccc2c1=O)NC1CCCCC1. The third-order valence-corrected chi connectivity index (χ3v) is 5.44. The maximum Gasteiger partial charge on any atom is 0.274 e. The normalized spacial score (nSPS) is 14.9. The summed E-state index contributed by atoms with van der Waals surface area (Å²) in [7, 11) is 0. The van der Waals surface area contributed by atoms with E-state index >= 15 is 0 Å². The molecule has 0 aliphatic heterocycles. The first kappa shape index (κ1) is 18.4. The molecule has 1 fully saturated rings. The maximum atomic E-state index is 12.9. The lowest BCUT2D eigenvalue weighted by molar-refractivity contribution is -0.122. The first-order valence-corrected chi connectivity index (χ1v) is 10.1. The summed E-state index contributed by atoms with van der Waals surface area (Å²) in [6.45, 7) is 0.280. The molecule has 144 valence electrons. The fraction of sp³-hybridized carbons (Fsp3) is 0.348. The summed E-state index contributed by atoms with van der Waals surface area (Å²) in [5, 5.41) is 9.19. The van der Waals surface area contributed by atoms with Crippen LogP contribution in [-0.2, 0) is 11.3 Å². The fourth-order valence-electron chi connectivity index (χ4n) is 3.95. The molecule has 0 spiro atoms. The number of aryl methyl sites for hydroxylation is 1. The Morgan fingerprint density at radius 1 is 0.964 bits per heavy atom. The standard InChI is InChI=1S/C23H25N3O2/c27-21(24-18-11-5-2-6-12-18)15-16-26-23(28)20-14-8-7-13-19(20)22(25-26)17-9-3-1-4-10-17/h1,3-4,7-10,13-14,18H,2,5-6,11-12,15-16H2,(H,24,27). The number of nitrogens with one attached hydrogen (secondary N) is 1. The minimum absolute atomic E-state index is 0.00461. The van der Waals surface area contributed by atoms with Gasteiger partial charge in [0.1, 0.15) is 0 Å². The quantitative estimate of drug-likeness (QED) is 0.735. The number of carbonyl (C=O) groups excluding carboxylic acids is 1. The van der Waals surface area contributed by atoms with Crippen molar-refractivity contribution < 1.29 is 4.79 Å². The summed E-state index contributed by atoms with van der Waals surface area (Å²) in [6, 6.07) is 17.6. The van der Waals surface area contributed by atoms with E-state index in [2.05, 4.69) is 10.4 Å². The smallest absolute Gasteiger partial charge is 0.274 e. The van der Waals surface area contributed by atoms with Crippen molar-refractivity contribution in [2.24, 2.45) is 0 Å². The highest BCUT2D eigenvalue weighted by atomic mass is 16.2. The zero-order valence-electron chi connectivity index (χ0n) is 15.9. The largest absolute Gasteiger partial charge is 0.353 e. The summed E-state index contributed by atoms with van der Waals surface area (Å²) in [5.41, 5.74) is 1.57. The molecule has 1 saturated carbocycles. The molecule has 1 aliphatic rings. The van der Waals surface area contributed by atoms with E-state index in [0.717, 1.165) is 29.5 Å². The van der Waals surface area contributed by atoms with Gasteiger partial charge >= 0.3 is 0 Å². The summed E-state index contributed by atoms with van der Waals surface area (Å²) in [6.07, 6.45) is 5.98. The van der Waals surface area contributed by atoms with E-state index in [-0.39, 0.29) is 30.5 Å². The molecule has 5 nitrogen and oxygen atoms in total. The van der Waals surface area contributed by atoms with E-state index in [1.807, 2.05) is 54.6 Å². The van der Waals surface area contributed by atoms with Gasteiger partial charge < -0.3 is 5.32 Å². The van der Waals surface area contributed by atoms with Crippen molar-refractivity contribution in [1.82, 2.24) is 15.1 Å². The summed E-state index contributed by atoms with van der Waals surface area (Å²) in [4.78, 5) is 25.2. The monoisotopic (exact) mass is 375 g/mol. The minimum atomic E-state index is -0.152. The van der Waals surface area contributed by atoms with Crippen molar-refractivity contribution in [3.05, 3.63) is 65.0 Å². The third kappa shape index (κ3) is 3.98. The molecule has 0 bridgehead atoms. The molecular weight excluding hydrogens is 350 g/mol. The summed E-state index contributed by atoms with van der Waals surface area (Å²) < 4.78 is 1.44. The zero-order valence-corrected chi connectivity index (χ0v) is 15.9. The van der Waals surface area contributed by atoms with Gasteiger partial charge in [0.25, 0.3) is 5.56 Å². The molecular formula is C23H25N3O2. The van der Waals surface area contributed by atoms with Crippen molar-refractivity contribution in [1.29, 1.82) is 0 Å². The van der Waals surface area contributed by atoms with Gasteiger partial charge in [0, 0.05) is 23.4 Å². The second kappa shape index (κ2) is 8.38. The lowest BCUT2D eigenvalue weighted by Gasteiger charge is -2.22. The van der Waals surface area contributed by atoms with Gasteiger partial charge in [-0.3, -0.25) is 9.59 Å². The van der Waals surface area contributed by atoms with Crippen LogP contribution in [0.1, 0.15) is 38.5 Å². The Balaban J connectivity index is 1.59. The first-order chi connectivity index (χ1) is 13.7. The van der Waals surface area contributed by atoms with Gasteiger partial charge in [-0.15, -0.1) is 0 Å². The van der Waals surface area contributed by atoms with Crippen LogP contribution < -0.4 is 10.9 Å². The van der Waals surface area contributed by atoms with Gasteiger partial charge in [-0.25, -0.2) is 4.68 Å². The summed E-state index contributed by atoms with van der Waals surface area (Å²) in [5.74, 6) is -0.00461. The topological polar surface area (TPSA) is 64.0 Å². The predicted octanol–water partition coefficient (Wildman–Crippen LogP) is 3.90. The molecule has 1 amide bonds. The number of rotatable bonds is 5. The lowest BCUT2D eigenvalue weighted by atomic mass is 9.95. The number of benzene rings is 2. The van der Waals surface area contributed by atoms with E-state index in [9.17, 15) is 9.59 Å². The van der Waals surface area contributed by atoms with Crippen LogP contribution in [0.25, 0.3) is 22.0 Å². The van der Waals surface area contributed by atoms with Crippen molar-refractivity contribution in [2.75, 3.05) is 0 Å². The Bertz CT molecular complexity index is 1020. The van der Waals surface area contributed by atoms with Gasteiger partial charge in [-0.05, 0) is 18.9 Å². The van der Waals surface area contributed by atoms with Crippen LogP contribution in [0.4, 0.5) is 0 Å². The lowest BCUT2D eigenvalue weighted by Crippen LogP contribution is -2.37. The average molecular weight is 375 g/mol. The maximum absolute atomic E-state index is 12.9. The number of aromatic nitrogens is 2. The molecule has 0 radical (unpaired) electrons. The highest BCUT2D eigenvalue weighted by molar-refractivity contribution is 5.93. The number of hydrogen-bond acceptors (Lipinski definition) is 3. The molecule has 2 aromatic carbocycles. The van der Waals surface area contributed by atoms with Gasteiger partial charge in [0.15, 0.2) is 0 Å². The van der Waals surface area contributed by atoms with E-state index in [1.165, 1.54) is 23.9 Å². The fourth-order valence-corrected chi connectivity index (χ4v) is 3.95. The Kier molecular flexibility index (Phi) is 5.51. The van der Waals surface area contributed by atoms with Gasteiger partial charge in [-0.2, -0.15) is 5.10 Å². The minimum Gasteiger partial charge on any atom is -0.353 e. The molecule has 1 heterocycles. The van der Waals surface area contributed by atoms with Crippen LogP contribution in [0, 0.1) is 0 Å². The van der Waals surface area contributed by atoms with E-state index in [0.29, 0.717) is 5.39 Å². The number of hydrogen-bond donors (Lipinski definition) is 1. The van der Waals surface area contributed by atoms with Crippen LogP contribution in [0.15, 0.2) is 59.4 Å². The molecule has 1 aliphatic carbocycles. The molecule has 5 heteroatoms. The molecule has 1 N–H and O–H groups in total. The Hall–Kier alpha value is -2.95. The summed E-state index contributed by atoms with van der Waals surface area (Å²) >= 11 is 0. The Labute approximate surface area is 164 Å². The van der Waals surface area contributed by atoms with Crippen molar-refractivity contribution in [3.63, 3.8) is 0 Å². The van der Waals surface area contributed by atoms with Crippen LogP contribution in [0.2, 0.25) is 0 Å². The van der Waals surface area contributed by atoms with Crippen LogP contribution in [0.5, 0.6) is 0 Å². The van der Waals surface area contributed by atoms with E-state index < -0.39 is 0 Å². The van der Waals surface area contributed by atoms with Crippen LogP contribution >= 0.6 is 0 Å². The number of amides is 1. The number of carbonyl (C=O) groups is 1. The molecule has 28 heavy (non-hydrogen) atoms. The van der Waals surface area contributed by atoms with Crippen molar-refractivity contribution in [3.8, 4) is 11.3 Å². The molecule has 0 unspecified atom stereocenters. The molecule has 0 atom stereocenters. The first-order valence-electron chi connectivity index (χ1n) is 10.1. The van der Waals surface area contributed by atoms with Gasteiger partial charge in [0.05, 0.1) is 17.6 Å². The molecule has 1 aromatic heterocycles. The van der Waals surface area contributed by atoms with Crippen LogP contribution in [0.3, 0.4) is 0 Å². The third-order valence-electron chi connectivity index (χ3n) is 5.44. The highest BCUT2D eigenvalue weighted by Crippen LogP contribution is 2.24. The van der Waals surface area contributed by atoms with E-state index in [4.69, 9.17) is 0 Å². The second-order valence-electron chi connectivity index (χ2n) is 7.44. The predicted molar refractivity (Wildman–Crippen MR) is 111 cm³/mol. The van der Waals surface area contributed by atoms with Gasteiger partial charge in [0.2, 0.25) is 5.91 Å². The molecule has 0 saturated heterocycles. The highest BCUT2D eigenvalue weighted by Gasteiger charge is 2.17. The molecule has 3 aromatic rings. The number of fused-ring (bicyclic) bond motifs is 1. The van der Waals surface area contributed by atoms with Crippen molar-refractivity contribution >= 4 is 16.7 Å². The van der Waals surface area contributed by atoms with Crippen molar-refractivity contribution in [2.45, 2.75) is 51.1 Å². The second-order valence-corrected chi connectivity index (χ2v) is 7.44. The van der Waals surface area contributed by atoms with Gasteiger partial charge in [-0.1, -0.05) is 67.8 Å². The molecule has 4 rings (SSSR count). The van der Waals surface area contributed by atoms with Crippen LogP contribution in [-0.4, -0.2) is 21.7 Å². The zero-order chi connectivity index (χ0) is 19.3.